The monoisotopic (exact) mass is 348 g/mol. The van der Waals surface area contributed by atoms with Gasteiger partial charge in [0.05, 0.1) is 0 Å². The number of ketones is 1. The molecule has 2 aromatic carbocycles. The van der Waals surface area contributed by atoms with Crippen molar-refractivity contribution in [1.29, 1.82) is 0 Å². The van der Waals surface area contributed by atoms with Gasteiger partial charge in [0.25, 0.3) is 0 Å². The summed E-state index contributed by atoms with van der Waals surface area (Å²) in [5, 5.41) is 0. The topological polar surface area (TPSA) is 17.1 Å². The molecule has 0 saturated heterocycles. The smallest absolute Gasteiger partial charge is 0.185 e. The second-order valence-corrected chi connectivity index (χ2v) is 5.36. The van der Waals surface area contributed by atoms with Crippen LogP contribution >= 0.6 is 22.6 Å². The third-order valence-corrected chi connectivity index (χ3v) is 3.28. The van der Waals surface area contributed by atoms with Gasteiger partial charge in [-0.25, -0.2) is 0 Å². The number of hydrogen-bond donors (Lipinski definition) is 0. The number of hydrogen-bond acceptors (Lipinski definition) is 1. The van der Waals surface area contributed by atoms with Crippen LogP contribution in [0.4, 0.5) is 0 Å². The highest BCUT2D eigenvalue weighted by molar-refractivity contribution is 14.1. The Kier molecular flexibility index (Phi) is 4.31. The third kappa shape index (κ3) is 3.53. The fraction of sp³-hybridized carbons (Fsp3) is 0.0625. The molecule has 2 rings (SSSR count). The second-order valence-electron chi connectivity index (χ2n) is 4.12. The fourth-order valence-corrected chi connectivity index (χ4v) is 2.16. The Balaban J connectivity index is 2.14. The molecule has 2 heteroatoms. The molecular weight excluding hydrogens is 335 g/mol. The van der Waals surface area contributed by atoms with Crippen molar-refractivity contribution in [2.45, 2.75) is 6.92 Å². The van der Waals surface area contributed by atoms with Crippen molar-refractivity contribution >= 4 is 34.5 Å². The van der Waals surface area contributed by atoms with Crippen LogP contribution in [-0.4, -0.2) is 5.78 Å². The summed E-state index contributed by atoms with van der Waals surface area (Å²) in [5.74, 6) is 0.0360. The summed E-state index contributed by atoms with van der Waals surface area (Å²) in [6.07, 6.45) is 3.47. The van der Waals surface area contributed by atoms with E-state index in [0.717, 1.165) is 20.3 Å². The summed E-state index contributed by atoms with van der Waals surface area (Å²) in [6.45, 7) is 2.01. The number of allylic oxidation sites excluding steroid dienone is 1. The standard InChI is InChI=1S/C16H13IO/c1-12-5-8-14(9-6-12)16(18)10-7-13-3-2-4-15(17)11-13/h2-11H,1H3/b10-7+. The maximum absolute atomic E-state index is 11.9. The van der Waals surface area contributed by atoms with E-state index < -0.39 is 0 Å². The highest BCUT2D eigenvalue weighted by atomic mass is 127. The molecular formula is C16H13IO. The number of rotatable bonds is 3. The minimum absolute atomic E-state index is 0.0360. The Morgan fingerprint density at radius 2 is 1.83 bits per heavy atom. The zero-order chi connectivity index (χ0) is 13.0. The van der Waals surface area contributed by atoms with Gasteiger partial charge in [-0.15, -0.1) is 0 Å². The van der Waals surface area contributed by atoms with E-state index in [9.17, 15) is 4.79 Å². The van der Waals surface area contributed by atoms with Gasteiger partial charge in [0, 0.05) is 9.13 Å². The average molecular weight is 348 g/mol. The van der Waals surface area contributed by atoms with Gasteiger partial charge in [0.2, 0.25) is 0 Å². The van der Waals surface area contributed by atoms with Crippen LogP contribution in [0.5, 0.6) is 0 Å². The first kappa shape index (κ1) is 13.0. The molecule has 90 valence electrons. The van der Waals surface area contributed by atoms with Crippen LogP contribution < -0.4 is 0 Å². The molecule has 0 aliphatic carbocycles. The average Bonchev–Trinajstić information content (AvgIpc) is 2.37. The first-order chi connectivity index (χ1) is 8.65. The van der Waals surface area contributed by atoms with Gasteiger partial charge in [0.15, 0.2) is 5.78 Å². The number of carbonyl (C=O) groups is 1. The Bertz CT molecular complexity index is 582. The molecule has 18 heavy (non-hydrogen) atoms. The van der Waals surface area contributed by atoms with Crippen molar-refractivity contribution in [1.82, 2.24) is 0 Å². The highest BCUT2D eigenvalue weighted by Gasteiger charge is 2.00. The molecule has 0 radical (unpaired) electrons. The SMILES string of the molecule is Cc1ccc(C(=O)/C=C/c2cccc(I)c2)cc1. The summed E-state index contributed by atoms with van der Waals surface area (Å²) in [7, 11) is 0. The Labute approximate surface area is 121 Å². The van der Waals surface area contributed by atoms with Gasteiger partial charge < -0.3 is 0 Å². The van der Waals surface area contributed by atoms with Gasteiger partial charge in [-0.05, 0) is 53.3 Å². The zero-order valence-corrected chi connectivity index (χ0v) is 12.2. The van der Waals surface area contributed by atoms with E-state index in [1.54, 1.807) is 6.08 Å². The molecule has 0 N–H and O–H groups in total. The normalized spacial score (nSPS) is 10.8. The van der Waals surface area contributed by atoms with E-state index in [1.165, 1.54) is 0 Å². The Morgan fingerprint density at radius 1 is 1.11 bits per heavy atom. The van der Waals surface area contributed by atoms with Crippen molar-refractivity contribution in [2.75, 3.05) is 0 Å². The highest BCUT2D eigenvalue weighted by Crippen LogP contribution is 2.10. The largest absolute Gasteiger partial charge is 0.289 e. The van der Waals surface area contributed by atoms with Crippen LogP contribution in [0.15, 0.2) is 54.6 Å². The molecule has 0 aromatic heterocycles. The molecule has 0 bridgehead atoms. The van der Waals surface area contributed by atoms with Crippen molar-refractivity contribution < 1.29 is 4.79 Å². The molecule has 0 amide bonds. The van der Waals surface area contributed by atoms with Crippen LogP contribution in [0.25, 0.3) is 6.08 Å². The van der Waals surface area contributed by atoms with Crippen LogP contribution in [-0.2, 0) is 0 Å². The summed E-state index contributed by atoms with van der Waals surface area (Å²) in [4.78, 5) is 11.9. The van der Waals surface area contributed by atoms with E-state index in [-0.39, 0.29) is 5.78 Å². The van der Waals surface area contributed by atoms with E-state index in [4.69, 9.17) is 0 Å². The summed E-state index contributed by atoms with van der Waals surface area (Å²) in [6, 6.07) is 15.7. The van der Waals surface area contributed by atoms with Gasteiger partial charge >= 0.3 is 0 Å². The first-order valence-corrected chi connectivity index (χ1v) is 6.78. The zero-order valence-electron chi connectivity index (χ0n) is 10.1. The van der Waals surface area contributed by atoms with Gasteiger partial charge in [-0.2, -0.15) is 0 Å². The lowest BCUT2D eigenvalue weighted by atomic mass is 10.1. The van der Waals surface area contributed by atoms with Gasteiger partial charge in [-0.3, -0.25) is 4.79 Å². The van der Waals surface area contributed by atoms with Crippen LogP contribution in [0.3, 0.4) is 0 Å². The Hall–Kier alpha value is -1.42. The number of halogens is 1. The number of aryl methyl sites for hydroxylation is 1. The lowest BCUT2D eigenvalue weighted by molar-refractivity contribution is 0.104. The third-order valence-electron chi connectivity index (χ3n) is 2.61. The van der Waals surface area contributed by atoms with Gasteiger partial charge in [-0.1, -0.05) is 48.0 Å². The van der Waals surface area contributed by atoms with E-state index >= 15 is 0 Å². The molecule has 1 nitrogen and oxygen atoms in total. The maximum atomic E-state index is 11.9. The molecule has 0 atom stereocenters. The molecule has 0 fully saturated rings. The minimum atomic E-state index is 0.0360. The molecule has 0 saturated carbocycles. The molecule has 0 spiro atoms. The number of benzene rings is 2. The fourth-order valence-electron chi connectivity index (χ4n) is 1.60. The summed E-state index contributed by atoms with van der Waals surface area (Å²) < 4.78 is 1.16. The minimum Gasteiger partial charge on any atom is -0.289 e. The summed E-state index contributed by atoms with van der Waals surface area (Å²) >= 11 is 2.26. The molecule has 0 aliphatic heterocycles. The van der Waals surface area contributed by atoms with E-state index in [2.05, 4.69) is 22.6 Å². The van der Waals surface area contributed by atoms with Gasteiger partial charge in [0.1, 0.15) is 0 Å². The van der Waals surface area contributed by atoms with Crippen molar-refractivity contribution in [3.05, 3.63) is 74.9 Å². The second kappa shape index (κ2) is 5.96. The lowest BCUT2D eigenvalue weighted by Gasteiger charge is -1.97. The van der Waals surface area contributed by atoms with E-state index in [0.29, 0.717) is 0 Å². The Morgan fingerprint density at radius 3 is 2.50 bits per heavy atom. The number of carbonyl (C=O) groups excluding carboxylic acids is 1. The first-order valence-electron chi connectivity index (χ1n) is 5.70. The van der Waals surface area contributed by atoms with Crippen LogP contribution in [0.1, 0.15) is 21.5 Å². The maximum Gasteiger partial charge on any atom is 0.185 e. The summed E-state index contributed by atoms with van der Waals surface area (Å²) in [5.41, 5.74) is 2.93. The lowest BCUT2D eigenvalue weighted by Crippen LogP contribution is -1.93. The van der Waals surface area contributed by atoms with Crippen molar-refractivity contribution in [3.8, 4) is 0 Å². The molecule has 2 aromatic rings. The predicted molar refractivity (Wildman–Crippen MR) is 83.7 cm³/mol. The molecule has 0 unspecified atom stereocenters. The van der Waals surface area contributed by atoms with E-state index in [1.807, 2.05) is 61.5 Å². The van der Waals surface area contributed by atoms with Crippen LogP contribution in [0.2, 0.25) is 0 Å². The van der Waals surface area contributed by atoms with Crippen molar-refractivity contribution in [3.63, 3.8) is 0 Å². The molecule has 0 heterocycles. The van der Waals surface area contributed by atoms with Crippen LogP contribution in [0, 0.1) is 10.5 Å². The predicted octanol–water partition coefficient (Wildman–Crippen LogP) is 4.50. The molecule has 0 aliphatic rings. The van der Waals surface area contributed by atoms with Crippen molar-refractivity contribution in [2.24, 2.45) is 0 Å². The quantitative estimate of drug-likeness (QED) is 0.454.